The number of nitrogens with one attached hydrogen (secondary N) is 1. The fourth-order valence-corrected chi connectivity index (χ4v) is 3.47. The Morgan fingerprint density at radius 1 is 1.43 bits per heavy atom. The van der Waals surface area contributed by atoms with Crippen molar-refractivity contribution in [3.63, 3.8) is 0 Å². The maximum absolute atomic E-state index is 11.9. The molecule has 116 valence electrons. The second-order valence-electron chi connectivity index (χ2n) is 5.15. The summed E-state index contributed by atoms with van der Waals surface area (Å²) >= 11 is 1.31. The van der Waals surface area contributed by atoms with Gasteiger partial charge in [-0.15, -0.1) is 11.3 Å². The number of nitriles is 1. The molecule has 1 N–H and O–H groups in total. The first-order valence-corrected chi connectivity index (χ1v) is 8.04. The number of hydrogen-bond donors (Lipinski definition) is 1. The smallest absolute Gasteiger partial charge is 0.350 e. The summed E-state index contributed by atoms with van der Waals surface area (Å²) in [6.45, 7) is 5.79. The normalized spacial score (nSPS) is 10.7. The van der Waals surface area contributed by atoms with Gasteiger partial charge in [0.15, 0.2) is 0 Å². The molecule has 23 heavy (non-hydrogen) atoms. The number of H-pyrrole nitrogens is 1. The number of carbonyl (C=O) groups excluding carboxylic acids is 1. The van der Waals surface area contributed by atoms with Crippen molar-refractivity contribution in [3.05, 3.63) is 40.0 Å². The molecule has 0 aliphatic rings. The van der Waals surface area contributed by atoms with Crippen LogP contribution in [0.5, 0.6) is 0 Å². The molecule has 0 radical (unpaired) electrons. The van der Waals surface area contributed by atoms with Crippen molar-refractivity contribution in [2.45, 2.75) is 20.8 Å². The Hall–Kier alpha value is -2.65. The molecule has 0 saturated carbocycles. The molecule has 2 heterocycles. The summed E-state index contributed by atoms with van der Waals surface area (Å²) in [5.74, 6) is -0.343. The van der Waals surface area contributed by atoms with Gasteiger partial charge in [-0.1, -0.05) is 0 Å². The minimum Gasteiger partial charge on any atom is -0.462 e. The monoisotopic (exact) mass is 325 g/mol. The van der Waals surface area contributed by atoms with Crippen LogP contribution in [0.4, 0.5) is 0 Å². The molecular weight excluding hydrogens is 310 g/mol. The number of fused-ring (bicyclic) bond motifs is 1. The Labute approximate surface area is 137 Å². The van der Waals surface area contributed by atoms with Gasteiger partial charge in [0, 0.05) is 22.2 Å². The third-order valence-electron chi connectivity index (χ3n) is 3.60. The van der Waals surface area contributed by atoms with E-state index in [4.69, 9.17) is 4.74 Å². The van der Waals surface area contributed by atoms with E-state index in [1.165, 1.54) is 11.3 Å². The molecule has 0 aliphatic carbocycles. The molecule has 0 fully saturated rings. The van der Waals surface area contributed by atoms with Crippen molar-refractivity contribution in [2.75, 3.05) is 6.61 Å². The minimum atomic E-state index is -0.343. The zero-order valence-corrected chi connectivity index (χ0v) is 13.9. The van der Waals surface area contributed by atoms with Crippen molar-refractivity contribution in [3.8, 4) is 16.6 Å². The lowest BCUT2D eigenvalue weighted by molar-refractivity contribution is 0.0531. The Morgan fingerprint density at radius 3 is 2.91 bits per heavy atom. The maximum atomic E-state index is 11.9. The molecule has 3 aromatic rings. The number of aromatic nitrogens is 2. The van der Waals surface area contributed by atoms with Crippen LogP contribution in [0.1, 0.15) is 33.5 Å². The van der Waals surface area contributed by atoms with Gasteiger partial charge in [-0.2, -0.15) is 5.26 Å². The predicted octanol–water partition coefficient (Wildman–Crippen LogP) is 3.96. The Bertz CT molecular complexity index is 947. The van der Waals surface area contributed by atoms with Crippen molar-refractivity contribution >= 4 is 28.2 Å². The van der Waals surface area contributed by atoms with Gasteiger partial charge in [-0.05, 0) is 39.0 Å². The van der Waals surface area contributed by atoms with Gasteiger partial charge in [0.05, 0.1) is 17.9 Å². The highest BCUT2D eigenvalue weighted by Crippen LogP contribution is 2.32. The highest BCUT2D eigenvalue weighted by molar-refractivity contribution is 7.17. The first kappa shape index (κ1) is 15.3. The Morgan fingerprint density at radius 2 is 2.22 bits per heavy atom. The van der Waals surface area contributed by atoms with Crippen LogP contribution in [0.2, 0.25) is 0 Å². The second kappa shape index (κ2) is 5.86. The molecule has 0 amide bonds. The largest absolute Gasteiger partial charge is 0.462 e. The van der Waals surface area contributed by atoms with Crippen LogP contribution < -0.4 is 0 Å². The summed E-state index contributed by atoms with van der Waals surface area (Å²) in [5, 5.41) is 10.9. The van der Waals surface area contributed by atoms with Crippen LogP contribution in [-0.2, 0) is 4.74 Å². The molecule has 5 nitrogen and oxygen atoms in total. The van der Waals surface area contributed by atoms with E-state index < -0.39 is 0 Å². The van der Waals surface area contributed by atoms with Gasteiger partial charge >= 0.3 is 5.97 Å². The lowest BCUT2D eigenvalue weighted by Crippen LogP contribution is -2.03. The summed E-state index contributed by atoms with van der Waals surface area (Å²) in [6, 6.07) is 8.03. The predicted molar refractivity (Wildman–Crippen MR) is 89.6 cm³/mol. The van der Waals surface area contributed by atoms with E-state index in [1.807, 2.05) is 25.1 Å². The van der Waals surface area contributed by atoms with Gasteiger partial charge in [-0.3, -0.25) is 0 Å². The third kappa shape index (κ3) is 2.60. The molecule has 0 saturated heterocycles. The van der Waals surface area contributed by atoms with Crippen LogP contribution in [-0.4, -0.2) is 22.5 Å². The molecule has 2 aromatic heterocycles. The molecule has 0 bridgehead atoms. The SMILES string of the molecule is CCOC(=O)c1sc(-c2ccc3[nH]c(C)c(C#N)c3c2)nc1C. The summed E-state index contributed by atoms with van der Waals surface area (Å²) < 4.78 is 5.05. The number of ether oxygens (including phenoxy) is 1. The van der Waals surface area contributed by atoms with E-state index in [2.05, 4.69) is 16.0 Å². The third-order valence-corrected chi connectivity index (χ3v) is 4.79. The average molecular weight is 325 g/mol. The molecular formula is C17H15N3O2S. The second-order valence-corrected chi connectivity index (χ2v) is 6.15. The van der Waals surface area contributed by atoms with Crippen LogP contribution >= 0.6 is 11.3 Å². The number of esters is 1. The van der Waals surface area contributed by atoms with Crippen LogP contribution in [0.25, 0.3) is 21.5 Å². The summed E-state index contributed by atoms with van der Waals surface area (Å²) in [5.41, 5.74) is 3.95. The number of hydrogen-bond acceptors (Lipinski definition) is 5. The van der Waals surface area contributed by atoms with Crippen LogP contribution in [0.3, 0.4) is 0 Å². The molecule has 0 aliphatic heterocycles. The summed E-state index contributed by atoms with van der Waals surface area (Å²) in [4.78, 5) is 20.1. The molecule has 0 spiro atoms. The number of aromatic amines is 1. The zero-order valence-electron chi connectivity index (χ0n) is 13.1. The number of thiazole rings is 1. The first-order valence-electron chi connectivity index (χ1n) is 7.22. The minimum absolute atomic E-state index is 0.339. The standard InChI is InChI=1S/C17H15N3O2S/c1-4-22-17(21)15-10(3)20-16(23-15)11-5-6-14-12(7-11)13(8-18)9(2)19-14/h5-7,19H,4H2,1-3H3. The number of rotatable bonds is 3. The van der Waals surface area contributed by atoms with Gasteiger partial charge in [0.2, 0.25) is 0 Å². The Kier molecular flexibility index (Phi) is 3.89. The molecule has 1 aromatic carbocycles. The van der Waals surface area contributed by atoms with Gasteiger partial charge in [-0.25, -0.2) is 9.78 Å². The average Bonchev–Trinajstić information content (AvgIpc) is 3.06. The lowest BCUT2D eigenvalue weighted by atomic mass is 10.1. The molecule has 0 atom stereocenters. The number of carbonyl (C=O) groups is 1. The molecule has 6 heteroatoms. The zero-order chi connectivity index (χ0) is 16.6. The lowest BCUT2D eigenvalue weighted by Gasteiger charge is -1.98. The van der Waals surface area contributed by atoms with Crippen LogP contribution in [0, 0.1) is 25.2 Å². The number of nitrogens with zero attached hydrogens (tertiary/aromatic N) is 2. The Balaban J connectivity index is 2.09. The highest BCUT2D eigenvalue weighted by Gasteiger charge is 2.18. The molecule has 3 rings (SSSR count). The number of aryl methyl sites for hydroxylation is 2. The van der Waals surface area contributed by atoms with Crippen molar-refractivity contribution < 1.29 is 9.53 Å². The van der Waals surface area contributed by atoms with E-state index in [1.54, 1.807) is 13.8 Å². The van der Waals surface area contributed by atoms with Crippen molar-refractivity contribution in [1.82, 2.24) is 9.97 Å². The fourth-order valence-electron chi connectivity index (χ4n) is 2.51. The van der Waals surface area contributed by atoms with E-state index in [-0.39, 0.29) is 5.97 Å². The first-order chi connectivity index (χ1) is 11.0. The summed E-state index contributed by atoms with van der Waals surface area (Å²) in [7, 11) is 0. The molecule has 0 unspecified atom stereocenters. The van der Waals surface area contributed by atoms with Gasteiger partial charge in [0.25, 0.3) is 0 Å². The van der Waals surface area contributed by atoms with E-state index in [0.717, 1.165) is 27.2 Å². The van der Waals surface area contributed by atoms with Crippen molar-refractivity contribution in [2.24, 2.45) is 0 Å². The van der Waals surface area contributed by atoms with Gasteiger partial charge in [0.1, 0.15) is 16.0 Å². The van der Waals surface area contributed by atoms with E-state index in [0.29, 0.717) is 22.7 Å². The summed E-state index contributed by atoms with van der Waals surface area (Å²) in [6.07, 6.45) is 0. The fraction of sp³-hybridized carbons (Fsp3) is 0.235. The maximum Gasteiger partial charge on any atom is 0.350 e. The highest BCUT2D eigenvalue weighted by atomic mass is 32.1. The number of benzene rings is 1. The quantitative estimate of drug-likeness (QED) is 0.739. The van der Waals surface area contributed by atoms with Gasteiger partial charge < -0.3 is 9.72 Å². The van der Waals surface area contributed by atoms with Crippen LogP contribution in [0.15, 0.2) is 18.2 Å². The van der Waals surface area contributed by atoms with Crippen molar-refractivity contribution in [1.29, 1.82) is 5.26 Å². The van der Waals surface area contributed by atoms with E-state index in [9.17, 15) is 10.1 Å². The topological polar surface area (TPSA) is 78.8 Å². The van der Waals surface area contributed by atoms with E-state index >= 15 is 0 Å².